The molecule has 0 aliphatic heterocycles. The first-order valence-corrected chi connectivity index (χ1v) is 5.80. The van der Waals surface area contributed by atoms with Crippen molar-refractivity contribution in [2.24, 2.45) is 0 Å². The van der Waals surface area contributed by atoms with E-state index < -0.39 is 0 Å². The SMILES string of the molecule is OC1CCCC1NCc1ccccc1Cl. The maximum absolute atomic E-state index is 9.64. The fourth-order valence-electron chi connectivity index (χ4n) is 2.06. The molecule has 82 valence electrons. The van der Waals surface area contributed by atoms with Crippen LogP contribution in [0.1, 0.15) is 24.8 Å². The van der Waals surface area contributed by atoms with Crippen LogP contribution < -0.4 is 5.32 Å². The van der Waals surface area contributed by atoms with E-state index in [2.05, 4.69) is 5.32 Å². The third-order valence-electron chi connectivity index (χ3n) is 2.99. The lowest BCUT2D eigenvalue weighted by Gasteiger charge is -2.16. The molecule has 2 nitrogen and oxygen atoms in total. The largest absolute Gasteiger partial charge is 0.392 e. The summed E-state index contributed by atoms with van der Waals surface area (Å²) in [4.78, 5) is 0. The van der Waals surface area contributed by atoms with Crippen molar-refractivity contribution in [3.05, 3.63) is 34.9 Å². The highest BCUT2D eigenvalue weighted by molar-refractivity contribution is 6.31. The Labute approximate surface area is 95.3 Å². The molecule has 1 aromatic rings. The van der Waals surface area contributed by atoms with E-state index in [-0.39, 0.29) is 12.1 Å². The quantitative estimate of drug-likeness (QED) is 0.828. The molecule has 1 aliphatic rings. The Balaban J connectivity index is 1.90. The first-order valence-electron chi connectivity index (χ1n) is 5.42. The maximum Gasteiger partial charge on any atom is 0.0693 e. The summed E-state index contributed by atoms with van der Waals surface area (Å²) >= 11 is 6.04. The molecule has 0 amide bonds. The van der Waals surface area contributed by atoms with Crippen LogP contribution in [0, 0.1) is 0 Å². The average Bonchev–Trinajstić information content (AvgIpc) is 2.63. The van der Waals surface area contributed by atoms with E-state index in [1.54, 1.807) is 0 Å². The fraction of sp³-hybridized carbons (Fsp3) is 0.500. The van der Waals surface area contributed by atoms with Crippen molar-refractivity contribution in [2.75, 3.05) is 0 Å². The predicted octanol–water partition coefficient (Wildman–Crippen LogP) is 2.34. The minimum atomic E-state index is -0.188. The topological polar surface area (TPSA) is 32.3 Å². The Bertz CT molecular complexity index is 329. The zero-order valence-electron chi connectivity index (χ0n) is 8.62. The molecule has 3 heteroatoms. The first kappa shape index (κ1) is 10.9. The number of halogens is 1. The molecule has 1 aliphatic carbocycles. The van der Waals surface area contributed by atoms with E-state index in [1.807, 2.05) is 24.3 Å². The van der Waals surface area contributed by atoms with Gasteiger partial charge in [0.1, 0.15) is 0 Å². The monoisotopic (exact) mass is 225 g/mol. The van der Waals surface area contributed by atoms with Crippen LogP contribution in [0.2, 0.25) is 5.02 Å². The Morgan fingerprint density at radius 1 is 1.33 bits per heavy atom. The van der Waals surface area contributed by atoms with Gasteiger partial charge in [-0.05, 0) is 30.9 Å². The maximum atomic E-state index is 9.64. The van der Waals surface area contributed by atoms with Gasteiger partial charge in [0.2, 0.25) is 0 Å². The van der Waals surface area contributed by atoms with Gasteiger partial charge in [0.15, 0.2) is 0 Å². The molecule has 1 fully saturated rings. The smallest absolute Gasteiger partial charge is 0.0693 e. The van der Waals surface area contributed by atoms with Crippen molar-refractivity contribution in [3.8, 4) is 0 Å². The number of nitrogens with one attached hydrogen (secondary N) is 1. The zero-order chi connectivity index (χ0) is 10.7. The summed E-state index contributed by atoms with van der Waals surface area (Å²) in [6.45, 7) is 0.738. The Morgan fingerprint density at radius 2 is 2.13 bits per heavy atom. The number of rotatable bonds is 3. The third kappa shape index (κ3) is 2.71. The van der Waals surface area contributed by atoms with Crippen molar-refractivity contribution >= 4 is 11.6 Å². The summed E-state index contributed by atoms with van der Waals surface area (Å²) in [6.07, 6.45) is 2.90. The van der Waals surface area contributed by atoms with Crippen molar-refractivity contribution < 1.29 is 5.11 Å². The van der Waals surface area contributed by atoms with Crippen LogP contribution in [0.25, 0.3) is 0 Å². The number of benzene rings is 1. The molecule has 0 radical (unpaired) electrons. The second kappa shape index (κ2) is 4.97. The van der Waals surface area contributed by atoms with E-state index in [0.29, 0.717) is 0 Å². The highest BCUT2D eigenvalue weighted by Crippen LogP contribution is 2.20. The van der Waals surface area contributed by atoms with Gasteiger partial charge in [0.25, 0.3) is 0 Å². The van der Waals surface area contributed by atoms with E-state index in [9.17, 15) is 5.11 Å². The van der Waals surface area contributed by atoms with Gasteiger partial charge in [-0.15, -0.1) is 0 Å². The van der Waals surface area contributed by atoms with Gasteiger partial charge in [0, 0.05) is 17.6 Å². The molecule has 2 rings (SSSR count). The van der Waals surface area contributed by atoms with Gasteiger partial charge in [-0.25, -0.2) is 0 Å². The molecular formula is C12H16ClNO. The summed E-state index contributed by atoms with van der Waals surface area (Å²) in [5.41, 5.74) is 1.10. The van der Waals surface area contributed by atoms with Gasteiger partial charge in [-0.1, -0.05) is 29.8 Å². The van der Waals surface area contributed by atoms with Crippen molar-refractivity contribution in [3.63, 3.8) is 0 Å². The standard InChI is InChI=1S/C12H16ClNO/c13-10-5-2-1-4-9(10)8-14-11-6-3-7-12(11)15/h1-2,4-5,11-12,14-15H,3,6-8H2. The molecule has 0 heterocycles. The van der Waals surface area contributed by atoms with Gasteiger partial charge < -0.3 is 10.4 Å². The molecule has 0 spiro atoms. The highest BCUT2D eigenvalue weighted by Gasteiger charge is 2.24. The second-order valence-electron chi connectivity index (χ2n) is 4.08. The number of hydrogen-bond acceptors (Lipinski definition) is 2. The molecule has 0 bridgehead atoms. The molecule has 1 aromatic carbocycles. The van der Waals surface area contributed by atoms with Crippen LogP contribution in [0.15, 0.2) is 24.3 Å². The predicted molar refractivity (Wildman–Crippen MR) is 61.9 cm³/mol. The first-order chi connectivity index (χ1) is 7.27. The zero-order valence-corrected chi connectivity index (χ0v) is 9.37. The van der Waals surface area contributed by atoms with Crippen molar-refractivity contribution in [1.82, 2.24) is 5.32 Å². The van der Waals surface area contributed by atoms with Gasteiger partial charge in [-0.2, -0.15) is 0 Å². The van der Waals surface area contributed by atoms with E-state index >= 15 is 0 Å². The van der Waals surface area contributed by atoms with Crippen LogP contribution in [-0.4, -0.2) is 17.3 Å². The fourth-order valence-corrected chi connectivity index (χ4v) is 2.26. The lowest BCUT2D eigenvalue weighted by atomic mass is 10.2. The lowest BCUT2D eigenvalue weighted by Crippen LogP contribution is -2.35. The molecule has 0 aromatic heterocycles. The normalized spacial score (nSPS) is 25.7. The van der Waals surface area contributed by atoms with Crippen molar-refractivity contribution in [2.45, 2.75) is 38.0 Å². The Kier molecular flexibility index (Phi) is 3.62. The van der Waals surface area contributed by atoms with E-state index in [0.717, 1.165) is 36.4 Å². The van der Waals surface area contributed by atoms with E-state index in [4.69, 9.17) is 11.6 Å². The average molecular weight is 226 g/mol. The summed E-state index contributed by atoms with van der Waals surface area (Å²) in [6, 6.07) is 8.05. The van der Waals surface area contributed by atoms with Crippen LogP contribution in [0.5, 0.6) is 0 Å². The summed E-state index contributed by atoms with van der Waals surface area (Å²) in [5, 5.41) is 13.8. The van der Waals surface area contributed by atoms with Crippen LogP contribution in [-0.2, 0) is 6.54 Å². The van der Waals surface area contributed by atoms with Crippen LogP contribution in [0.4, 0.5) is 0 Å². The molecular weight excluding hydrogens is 210 g/mol. The summed E-state index contributed by atoms with van der Waals surface area (Å²) in [5.74, 6) is 0. The van der Waals surface area contributed by atoms with Gasteiger partial charge in [-0.3, -0.25) is 0 Å². The number of hydrogen-bond donors (Lipinski definition) is 2. The lowest BCUT2D eigenvalue weighted by molar-refractivity contribution is 0.148. The minimum Gasteiger partial charge on any atom is -0.392 e. The number of aliphatic hydroxyl groups excluding tert-OH is 1. The van der Waals surface area contributed by atoms with E-state index in [1.165, 1.54) is 0 Å². The molecule has 2 N–H and O–H groups in total. The minimum absolute atomic E-state index is 0.188. The van der Waals surface area contributed by atoms with Crippen LogP contribution >= 0.6 is 11.6 Å². The molecule has 0 saturated heterocycles. The third-order valence-corrected chi connectivity index (χ3v) is 3.36. The second-order valence-corrected chi connectivity index (χ2v) is 4.48. The Morgan fingerprint density at radius 3 is 2.80 bits per heavy atom. The summed E-state index contributed by atoms with van der Waals surface area (Å²) < 4.78 is 0. The van der Waals surface area contributed by atoms with Crippen LogP contribution in [0.3, 0.4) is 0 Å². The molecule has 1 saturated carbocycles. The summed E-state index contributed by atoms with van der Waals surface area (Å²) in [7, 11) is 0. The van der Waals surface area contributed by atoms with Gasteiger partial charge in [0.05, 0.1) is 6.10 Å². The van der Waals surface area contributed by atoms with Crippen molar-refractivity contribution in [1.29, 1.82) is 0 Å². The Hall–Kier alpha value is -0.570. The molecule has 2 unspecified atom stereocenters. The van der Waals surface area contributed by atoms with Gasteiger partial charge >= 0.3 is 0 Å². The highest BCUT2D eigenvalue weighted by atomic mass is 35.5. The number of aliphatic hydroxyl groups is 1. The molecule has 2 atom stereocenters. The molecule has 15 heavy (non-hydrogen) atoms.